The highest BCUT2D eigenvalue weighted by Gasteiger charge is 2.08. The van der Waals surface area contributed by atoms with E-state index in [9.17, 15) is 4.79 Å². The van der Waals surface area contributed by atoms with Gasteiger partial charge in [-0.15, -0.1) is 0 Å². The molecule has 0 radical (unpaired) electrons. The van der Waals surface area contributed by atoms with Gasteiger partial charge in [0.05, 0.1) is 33.4 Å². The van der Waals surface area contributed by atoms with Gasteiger partial charge in [-0.25, -0.2) is 14.8 Å². The summed E-state index contributed by atoms with van der Waals surface area (Å²) in [5.41, 5.74) is 5.50. The second-order valence-corrected chi connectivity index (χ2v) is 6.54. The first-order valence-electron chi connectivity index (χ1n) is 10.6. The zero-order valence-electron chi connectivity index (χ0n) is 18.8. The first kappa shape index (κ1) is 22.0. The minimum absolute atomic E-state index is 0.330. The molecule has 7 heteroatoms. The van der Waals surface area contributed by atoms with Gasteiger partial charge in [-0.2, -0.15) is 4.98 Å². The SMILES string of the molecule is CC.CC.Cc1nc2ccc(-c3ccn(-c4ccc5nc(C)[nH]c5c4)c(=O)n3)cc2[nH]1. The summed E-state index contributed by atoms with van der Waals surface area (Å²) in [4.78, 5) is 32.1. The maximum absolute atomic E-state index is 12.6. The lowest BCUT2D eigenvalue weighted by Gasteiger charge is -2.07. The van der Waals surface area contributed by atoms with E-state index in [1.165, 1.54) is 4.57 Å². The molecule has 3 aromatic heterocycles. The molecule has 0 spiro atoms. The lowest BCUT2D eigenvalue weighted by Crippen LogP contribution is -2.20. The molecule has 0 amide bonds. The van der Waals surface area contributed by atoms with Crippen LogP contribution in [-0.4, -0.2) is 29.5 Å². The molecule has 0 atom stereocenters. The number of nitrogens with one attached hydrogen (secondary N) is 2. The molecule has 0 aliphatic carbocycles. The molecule has 0 fully saturated rings. The Balaban J connectivity index is 0.000000645. The molecule has 160 valence electrons. The molecule has 0 saturated heterocycles. The highest BCUT2D eigenvalue weighted by atomic mass is 16.1. The largest absolute Gasteiger partial charge is 0.352 e. The van der Waals surface area contributed by atoms with Crippen molar-refractivity contribution in [2.75, 3.05) is 0 Å². The Morgan fingerprint density at radius 1 is 0.742 bits per heavy atom. The average Bonchev–Trinajstić information content (AvgIpc) is 3.35. The van der Waals surface area contributed by atoms with Gasteiger partial charge < -0.3 is 9.97 Å². The van der Waals surface area contributed by atoms with Crippen molar-refractivity contribution in [3.63, 3.8) is 0 Å². The fourth-order valence-corrected chi connectivity index (χ4v) is 3.33. The van der Waals surface area contributed by atoms with Crippen LogP contribution in [-0.2, 0) is 0 Å². The van der Waals surface area contributed by atoms with Gasteiger partial charge in [0.2, 0.25) is 0 Å². The number of benzene rings is 2. The maximum atomic E-state index is 12.6. The van der Waals surface area contributed by atoms with Gasteiger partial charge >= 0.3 is 5.69 Å². The third kappa shape index (κ3) is 4.40. The second-order valence-electron chi connectivity index (χ2n) is 6.54. The maximum Gasteiger partial charge on any atom is 0.352 e. The molecule has 5 rings (SSSR count). The molecule has 3 heterocycles. The molecule has 0 aliphatic rings. The molecule has 5 aromatic rings. The van der Waals surface area contributed by atoms with E-state index < -0.39 is 0 Å². The van der Waals surface area contributed by atoms with Crippen LogP contribution in [0.4, 0.5) is 0 Å². The van der Waals surface area contributed by atoms with E-state index in [2.05, 4.69) is 24.9 Å². The number of aromatic amines is 2. The van der Waals surface area contributed by atoms with Gasteiger partial charge in [-0.3, -0.25) is 4.57 Å². The van der Waals surface area contributed by atoms with E-state index in [0.29, 0.717) is 5.69 Å². The van der Waals surface area contributed by atoms with Gasteiger partial charge in [-0.05, 0) is 50.2 Å². The standard InChI is InChI=1S/C20H16N6O.2C2H6/c1-11-21-16-5-3-13(9-18(16)23-11)15-7-8-26(20(27)25-15)14-4-6-17-19(10-14)24-12(2)22-17;2*1-2/h3-10H,1-2H3,(H,21,23)(H,22,24);2*1-2H3. The Bertz CT molecular complexity index is 1380. The van der Waals surface area contributed by atoms with Crippen LogP contribution in [0.25, 0.3) is 39.0 Å². The lowest BCUT2D eigenvalue weighted by atomic mass is 10.1. The molecule has 0 unspecified atom stereocenters. The van der Waals surface area contributed by atoms with Crippen molar-refractivity contribution in [2.24, 2.45) is 0 Å². The molecule has 31 heavy (non-hydrogen) atoms. The number of aryl methyl sites for hydroxylation is 2. The first-order valence-corrected chi connectivity index (χ1v) is 10.6. The predicted octanol–water partition coefficient (Wildman–Crippen LogP) is 5.32. The number of hydrogen-bond donors (Lipinski definition) is 2. The molecule has 2 aromatic carbocycles. The Kier molecular flexibility index (Phi) is 6.65. The summed E-state index contributed by atoms with van der Waals surface area (Å²) >= 11 is 0. The van der Waals surface area contributed by atoms with Crippen LogP contribution in [0.1, 0.15) is 39.3 Å². The molecular formula is C24H28N6O. The Hall–Kier alpha value is -3.74. The van der Waals surface area contributed by atoms with E-state index >= 15 is 0 Å². The summed E-state index contributed by atoms with van der Waals surface area (Å²) in [5, 5.41) is 0. The summed E-state index contributed by atoms with van der Waals surface area (Å²) in [5.74, 6) is 1.70. The normalized spacial score (nSPS) is 10.4. The topological polar surface area (TPSA) is 92.2 Å². The van der Waals surface area contributed by atoms with Crippen molar-refractivity contribution in [3.05, 3.63) is 70.8 Å². The number of nitrogens with zero attached hydrogens (tertiary/aromatic N) is 4. The number of fused-ring (bicyclic) bond motifs is 2. The van der Waals surface area contributed by atoms with Crippen molar-refractivity contribution in [3.8, 4) is 16.9 Å². The van der Waals surface area contributed by atoms with Crippen molar-refractivity contribution in [1.29, 1.82) is 0 Å². The van der Waals surface area contributed by atoms with E-state index in [4.69, 9.17) is 0 Å². The first-order chi connectivity index (χ1) is 15.1. The van der Waals surface area contributed by atoms with E-state index in [0.717, 1.165) is 45.0 Å². The number of aromatic nitrogens is 6. The molecule has 0 bridgehead atoms. The van der Waals surface area contributed by atoms with Gasteiger partial charge in [-0.1, -0.05) is 33.8 Å². The number of imidazole rings is 2. The van der Waals surface area contributed by atoms with Gasteiger partial charge in [0, 0.05) is 11.8 Å². The summed E-state index contributed by atoms with van der Waals surface area (Å²) in [6.45, 7) is 11.8. The molecule has 7 nitrogen and oxygen atoms in total. The minimum atomic E-state index is -0.330. The Morgan fingerprint density at radius 3 is 1.94 bits per heavy atom. The zero-order chi connectivity index (χ0) is 22.5. The molecule has 2 N–H and O–H groups in total. The molecular weight excluding hydrogens is 388 g/mol. The van der Waals surface area contributed by atoms with Crippen molar-refractivity contribution in [2.45, 2.75) is 41.5 Å². The third-order valence-electron chi connectivity index (χ3n) is 4.56. The van der Waals surface area contributed by atoms with Gasteiger partial charge in [0.15, 0.2) is 0 Å². The van der Waals surface area contributed by atoms with Crippen molar-refractivity contribution >= 4 is 22.1 Å². The monoisotopic (exact) mass is 416 g/mol. The fourth-order valence-electron chi connectivity index (χ4n) is 3.33. The summed E-state index contributed by atoms with van der Waals surface area (Å²) in [6.07, 6.45) is 1.75. The third-order valence-corrected chi connectivity index (χ3v) is 4.56. The van der Waals surface area contributed by atoms with Crippen LogP contribution < -0.4 is 5.69 Å². The lowest BCUT2D eigenvalue weighted by molar-refractivity contribution is 0.919. The predicted molar refractivity (Wildman–Crippen MR) is 127 cm³/mol. The second kappa shape index (κ2) is 9.38. The van der Waals surface area contributed by atoms with Crippen LogP contribution in [0.15, 0.2) is 53.5 Å². The zero-order valence-corrected chi connectivity index (χ0v) is 18.8. The number of H-pyrrole nitrogens is 2. The Morgan fingerprint density at radius 2 is 1.32 bits per heavy atom. The quantitative estimate of drug-likeness (QED) is 0.407. The van der Waals surface area contributed by atoms with Crippen LogP contribution in [0, 0.1) is 13.8 Å². The highest BCUT2D eigenvalue weighted by Crippen LogP contribution is 2.22. The van der Waals surface area contributed by atoms with Crippen molar-refractivity contribution in [1.82, 2.24) is 29.5 Å². The summed E-state index contributed by atoms with van der Waals surface area (Å²) in [6, 6.07) is 13.3. The van der Waals surface area contributed by atoms with Crippen LogP contribution in [0.2, 0.25) is 0 Å². The Labute approximate surface area is 181 Å². The van der Waals surface area contributed by atoms with Gasteiger partial charge in [0.25, 0.3) is 0 Å². The van der Waals surface area contributed by atoms with Crippen molar-refractivity contribution < 1.29 is 0 Å². The van der Waals surface area contributed by atoms with Crippen LogP contribution in [0.5, 0.6) is 0 Å². The highest BCUT2D eigenvalue weighted by molar-refractivity contribution is 5.81. The van der Waals surface area contributed by atoms with Gasteiger partial charge in [0.1, 0.15) is 11.6 Å². The van der Waals surface area contributed by atoms with E-state index in [1.54, 1.807) is 6.20 Å². The molecule has 0 saturated carbocycles. The minimum Gasteiger partial charge on any atom is -0.342 e. The molecule has 0 aliphatic heterocycles. The summed E-state index contributed by atoms with van der Waals surface area (Å²) < 4.78 is 1.53. The van der Waals surface area contributed by atoms with E-state index in [1.807, 2.05) is 84.0 Å². The number of hydrogen-bond acceptors (Lipinski definition) is 4. The van der Waals surface area contributed by atoms with Crippen LogP contribution >= 0.6 is 0 Å². The van der Waals surface area contributed by atoms with E-state index in [-0.39, 0.29) is 5.69 Å². The smallest absolute Gasteiger partial charge is 0.342 e. The fraction of sp³-hybridized carbons (Fsp3) is 0.250. The summed E-state index contributed by atoms with van der Waals surface area (Å²) in [7, 11) is 0. The van der Waals surface area contributed by atoms with Crippen LogP contribution in [0.3, 0.4) is 0 Å². The average molecular weight is 417 g/mol. The number of rotatable bonds is 2.